The molecular formula is C19H20FN3OS. The van der Waals surface area contributed by atoms with E-state index in [9.17, 15) is 9.50 Å². The van der Waals surface area contributed by atoms with Gasteiger partial charge in [0.25, 0.3) is 0 Å². The Labute approximate surface area is 150 Å². The first-order valence-electron chi connectivity index (χ1n) is 8.01. The third-order valence-electron chi connectivity index (χ3n) is 3.83. The molecule has 1 aromatic heterocycles. The van der Waals surface area contributed by atoms with Crippen molar-refractivity contribution in [1.82, 2.24) is 10.6 Å². The predicted octanol–water partition coefficient (Wildman–Crippen LogP) is 3.44. The smallest absolute Gasteiger partial charge is 0.191 e. The minimum atomic E-state index is -0.609. The molecule has 1 heterocycles. The van der Waals surface area contributed by atoms with E-state index in [2.05, 4.69) is 15.6 Å². The predicted molar refractivity (Wildman–Crippen MR) is 101 cm³/mol. The third-order valence-corrected chi connectivity index (χ3v) is 5.05. The maximum absolute atomic E-state index is 12.9. The van der Waals surface area contributed by atoms with E-state index in [1.807, 2.05) is 30.3 Å². The van der Waals surface area contributed by atoms with Gasteiger partial charge in [0.15, 0.2) is 5.96 Å². The van der Waals surface area contributed by atoms with E-state index in [1.165, 1.54) is 12.1 Å². The number of halogens is 1. The molecule has 0 saturated heterocycles. The summed E-state index contributed by atoms with van der Waals surface area (Å²) in [5.41, 5.74) is 0.953. The van der Waals surface area contributed by atoms with Crippen molar-refractivity contribution in [3.8, 4) is 0 Å². The van der Waals surface area contributed by atoms with Gasteiger partial charge in [0.1, 0.15) is 11.9 Å². The first kappa shape index (κ1) is 17.4. The number of benzene rings is 2. The van der Waals surface area contributed by atoms with E-state index in [0.717, 1.165) is 20.5 Å². The van der Waals surface area contributed by atoms with Crippen molar-refractivity contribution in [1.29, 1.82) is 0 Å². The highest BCUT2D eigenvalue weighted by Crippen LogP contribution is 2.29. The van der Waals surface area contributed by atoms with Crippen molar-refractivity contribution in [2.75, 3.05) is 13.6 Å². The van der Waals surface area contributed by atoms with Gasteiger partial charge in [-0.15, -0.1) is 11.3 Å². The Morgan fingerprint density at radius 2 is 1.92 bits per heavy atom. The first-order valence-corrected chi connectivity index (χ1v) is 8.83. The van der Waals surface area contributed by atoms with Crippen LogP contribution >= 0.6 is 11.3 Å². The Balaban J connectivity index is 1.54. The fraction of sp³-hybridized carbons (Fsp3) is 0.211. The highest BCUT2D eigenvalue weighted by Gasteiger charge is 2.12. The van der Waals surface area contributed by atoms with Crippen LogP contribution in [0, 0.1) is 5.82 Å². The highest BCUT2D eigenvalue weighted by molar-refractivity contribution is 7.19. The fourth-order valence-electron chi connectivity index (χ4n) is 2.47. The number of guanidine groups is 1. The number of hydrogen-bond acceptors (Lipinski definition) is 3. The minimum Gasteiger partial charge on any atom is -0.386 e. The number of aliphatic hydroxyl groups is 1. The van der Waals surface area contributed by atoms with Gasteiger partial charge in [-0.05, 0) is 35.2 Å². The molecule has 0 fully saturated rings. The molecule has 3 aromatic rings. The lowest BCUT2D eigenvalue weighted by Gasteiger charge is -2.14. The maximum Gasteiger partial charge on any atom is 0.191 e. The Morgan fingerprint density at radius 3 is 2.64 bits per heavy atom. The zero-order valence-corrected chi connectivity index (χ0v) is 14.7. The standard InChI is InChI=1S/C19H20FN3OS/c1-21-19(22-11-13-6-8-15(20)9-7-13)23-12-16(24)18-10-14-4-2-3-5-17(14)25-18/h2-10,16,24H,11-12H2,1H3,(H2,21,22,23). The average Bonchev–Trinajstić information content (AvgIpc) is 3.07. The molecule has 0 amide bonds. The summed E-state index contributed by atoms with van der Waals surface area (Å²) in [6, 6.07) is 16.4. The first-order chi connectivity index (χ1) is 12.2. The number of thiophene rings is 1. The number of rotatable bonds is 5. The molecule has 1 atom stereocenters. The lowest BCUT2D eigenvalue weighted by Crippen LogP contribution is -2.38. The molecule has 130 valence electrons. The van der Waals surface area contributed by atoms with E-state index in [0.29, 0.717) is 19.0 Å². The summed E-state index contributed by atoms with van der Waals surface area (Å²) < 4.78 is 14.1. The normalized spacial score (nSPS) is 13.0. The van der Waals surface area contributed by atoms with Gasteiger partial charge >= 0.3 is 0 Å². The third kappa shape index (κ3) is 4.55. The molecule has 0 aliphatic rings. The second-order valence-corrected chi connectivity index (χ2v) is 6.75. The quantitative estimate of drug-likeness (QED) is 0.484. The van der Waals surface area contributed by atoms with Crippen molar-refractivity contribution in [3.05, 3.63) is 70.9 Å². The molecule has 3 rings (SSSR count). The van der Waals surface area contributed by atoms with Gasteiger partial charge in [0.2, 0.25) is 0 Å². The van der Waals surface area contributed by atoms with Crippen LogP contribution in [0.15, 0.2) is 59.6 Å². The zero-order chi connectivity index (χ0) is 17.6. The van der Waals surface area contributed by atoms with Crippen LogP contribution in [0.3, 0.4) is 0 Å². The summed E-state index contributed by atoms with van der Waals surface area (Å²) in [6.07, 6.45) is -0.609. The Bertz CT molecular complexity index is 827. The SMILES string of the molecule is CN=C(NCc1ccc(F)cc1)NCC(O)c1cc2ccccc2s1. The molecule has 0 spiro atoms. The lowest BCUT2D eigenvalue weighted by molar-refractivity contribution is 0.184. The fourth-order valence-corrected chi connectivity index (χ4v) is 3.52. The summed E-state index contributed by atoms with van der Waals surface area (Å²) in [7, 11) is 1.67. The van der Waals surface area contributed by atoms with Crippen LogP contribution in [0.5, 0.6) is 0 Å². The van der Waals surface area contributed by atoms with Crippen molar-refractivity contribution in [2.45, 2.75) is 12.6 Å². The van der Waals surface area contributed by atoms with E-state index in [-0.39, 0.29) is 5.82 Å². The van der Waals surface area contributed by atoms with Crippen molar-refractivity contribution < 1.29 is 9.50 Å². The van der Waals surface area contributed by atoms with E-state index in [4.69, 9.17) is 0 Å². The molecule has 4 nitrogen and oxygen atoms in total. The van der Waals surface area contributed by atoms with Crippen LogP contribution in [0.4, 0.5) is 4.39 Å². The molecular weight excluding hydrogens is 337 g/mol. The second-order valence-electron chi connectivity index (χ2n) is 5.64. The monoisotopic (exact) mass is 357 g/mol. The van der Waals surface area contributed by atoms with E-state index < -0.39 is 6.10 Å². The van der Waals surface area contributed by atoms with Crippen LogP contribution < -0.4 is 10.6 Å². The minimum absolute atomic E-state index is 0.252. The molecule has 3 N–H and O–H groups in total. The molecule has 0 radical (unpaired) electrons. The van der Waals surface area contributed by atoms with Crippen molar-refractivity contribution in [3.63, 3.8) is 0 Å². The molecule has 0 bridgehead atoms. The highest BCUT2D eigenvalue weighted by atomic mass is 32.1. The number of hydrogen-bond donors (Lipinski definition) is 3. The molecule has 0 saturated carbocycles. The Kier molecular flexibility index (Phi) is 5.63. The number of fused-ring (bicyclic) bond motifs is 1. The number of aliphatic imine (C=N–C) groups is 1. The molecule has 6 heteroatoms. The second kappa shape index (κ2) is 8.09. The molecule has 0 aliphatic heterocycles. The number of nitrogens with one attached hydrogen (secondary N) is 2. The van der Waals surface area contributed by atoms with Crippen LogP contribution in [-0.2, 0) is 6.54 Å². The van der Waals surface area contributed by atoms with Gasteiger partial charge in [-0.25, -0.2) is 4.39 Å². The molecule has 1 unspecified atom stereocenters. The van der Waals surface area contributed by atoms with Crippen molar-refractivity contribution in [2.24, 2.45) is 4.99 Å². The summed E-state index contributed by atoms with van der Waals surface area (Å²) in [4.78, 5) is 5.06. The van der Waals surface area contributed by atoms with Gasteiger partial charge < -0.3 is 15.7 Å². The average molecular weight is 357 g/mol. The summed E-state index contributed by atoms with van der Waals surface area (Å²) >= 11 is 1.59. The van der Waals surface area contributed by atoms with Gasteiger partial charge in [-0.2, -0.15) is 0 Å². The number of aliphatic hydroxyl groups excluding tert-OH is 1. The van der Waals surface area contributed by atoms with Gasteiger partial charge in [-0.3, -0.25) is 4.99 Å². The Hall–Kier alpha value is -2.44. The van der Waals surface area contributed by atoms with Crippen LogP contribution in [0.25, 0.3) is 10.1 Å². The van der Waals surface area contributed by atoms with Crippen LogP contribution in [-0.4, -0.2) is 24.7 Å². The van der Waals surface area contributed by atoms with Crippen LogP contribution in [0.2, 0.25) is 0 Å². The lowest BCUT2D eigenvalue weighted by atomic mass is 10.2. The summed E-state index contributed by atoms with van der Waals surface area (Å²) in [5.74, 6) is 0.335. The van der Waals surface area contributed by atoms with E-state index >= 15 is 0 Å². The molecule has 2 aromatic carbocycles. The molecule has 25 heavy (non-hydrogen) atoms. The van der Waals surface area contributed by atoms with Crippen LogP contribution in [0.1, 0.15) is 16.5 Å². The van der Waals surface area contributed by atoms with Gasteiger partial charge in [-0.1, -0.05) is 30.3 Å². The maximum atomic E-state index is 12.9. The Morgan fingerprint density at radius 1 is 1.16 bits per heavy atom. The van der Waals surface area contributed by atoms with E-state index in [1.54, 1.807) is 30.5 Å². The summed E-state index contributed by atoms with van der Waals surface area (Å²) in [6.45, 7) is 0.884. The molecule has 0 aliphatic carbocycles. The number of nitrogens with zero attached hydrogens (tertiary/aromatic N) is 1. The zero-order valence-electron chi connectivity index (χ0n) is 13.9. The summed E-state index contributed by atoms with van der Waals surface area (Å²) in [5, 5.41) is 17.8. The van der Waals surface area contributed by atoms with Gasteiger partial charge in [0.05, 0.1) is 0 Å². The topological polar surface area (TPSA) is 56.7 Å². The van der Waals surface area contributed by atoms with Crippen molar-refractivity contribution >= 4 is 27.4 Å². The van der Waals surface area contributed by atoms with Gasteiger partial charge in [0, 0.05) is 29.7 Å². The largest absolute Gasteiger partial charge is 0.386 e.